The average Bonchev–Trinajstić information content (AvgIpc) is 2.45. The van der Waals surface area contributed by atoms with Crippen molar-refractivity contribution in [1.29, 1.82) is 0 Å². The first-order chi connectivity index (χ1) is 9.91. The van der Waals surface area contributed by atoms with Crippen LogP contribution in [0.5, 0.6) is 0 Å². The summed E-state index contributed by atoms with van der Waals surface area (Å²) in [5.41, 5.74) is 1.43. The van der Waals surface area contributed by atoms with Crippen LogP contribution in [-0.4, -0.2) is 17.9 Å². The Morgan fingerprint density at radius 3 is 2.43 bits per heavy atom. The highest BCUT2D eigenvalue weighted by Gasteiger charge is 2.22. The maximum absolute atomic E-state index is 13.8. The van der Waals surface area contributed by atoms with Gasteiger partial charge in [0, 0.05) is 18.2 Å². The zero-order valence-corrected chi connectivity index (χ0v) is 12.2. The second-order valence-corrected chi connectivity index (χ2v) is 5.07. The predicted molar refractivity (Wildman–Crippen MR) is 78.0 cm³/mol. The number of aryl methyl sites for hydroxylation is 1. The first kappa shape index (κ1) is 15.2. The lowest BCUT2D eigenvalue weighted by Gasteiger charge is -2.26. The molecular formula is C17H17F2NO. The van der Waals surface area contributed by atoms with E-state index >= 15 is 0 Å². The molecule has 0 saturated heterocycles. The van der Waals surface area contributed by atoms with Gasteiger partial charge in [0.2, 0.25) is 0 Å². The Labute approximate surface area is 123 Å². The fourth-order valence-electron chi connectivity index (χ4n) is 2.26. The second kappa shape index (κ2) is 6.04. The fraction of sp³-hybridized carbons (Fsp3) is 0.235. The van der Waals surface area contributed by atoms with Gasteiger partial charge in [-0.1, -0.05) is 18.2 Å². The second-order valence-electron chi connectivity index (χ2n) is 5.07. The van der Waals surface area contributed by atoms with Crippen LogP contribution in [0.4, 0.5) is 8.78 Å². The lowest BCUT2D eigenvalue weighted by atomic mass is 10.0. The number of benzene rings is 2. The van der Waals surface area contributed by atoms with Gasteiger partial charge in [-0.05, 0) is 43.7 Å². The Kier molecular flexibility index (Phi) is 4.36. The minimum absolute atomic E-state index is 0.261. The SMILES string of the molecule is Cc1cc(F)ccc1C(=O)N(C)C(C)c1ccccc1F. The molecule has 4 heteroatoms. The number of rotatable bonds is 3. The highest BCUT2D eigenvalue weighted by molar-refractivity contribution is 5.95. The van der Waals surface area contributed by atoms with Crippen LogP contribution in [0.25, 0.3) is 0 Å². The zero-order valence-electron chi connectivity index (χ0n) is 12.2. The monoisotopic (exact) mass is 289 g/mol. The van der Waals surface area contributed by atoms with Crippen molar-refractivity contribution in [2.24, 2.45) is 0 Å². The van der Waals surface area contributed by atoms with Crippen molar-refractivity contribution in [3.05, 3.63) is 70.8 Å². The number of nitrogens with zero attached hydrogens (tertiary/aromatic N) is 1. The van der Waals surface area contributed by atoms with E-state index in [0.717, 1.165) is 0 Å². The summed E-state index contributed by atoms with van der Waals surface area (Å²) in [5, 5.41) is 0. The highest BCUT2D eigenvalue weighted by Crippen LogP contribution is 2.24. The molecule has 110 valence electrons. The minimum atomic E-state index is -0.414. The largest absolute Gasteiger partial charge is 0.335 e. The molecule has 0 aliphatic carbocycles. The molecule has 2 aromatic rings. The molecule has 1 amide bonds. The van der Waals surface area contributed by atoms with Gasteiger partial charge in [-0.3, -0.25) is 4.79 Å². The summed E-state index contributed by atoms with van der Waals surface area (Å²) in [6.45, 7) is 3.44. The Bertz CT molecular complexity index is 670. The summed E-state index contributed by atoms with van der Waals surface area (Å²) in [6.07, 6.45) is 0. The van der Waals surface area contributed by atoms with Crippen molar-refractivity contribution >= 4 is 5.91 Å². The molecule has 2 aromatic carbocycles. The number of amides is 1. The average molecular weight is 289 g/mol. The van der Waals surface area contributed by atoms with Crippen LogP contribution in [0.2, 0.25) is 0 Å². The van der Waals surface area contributed by atoms with E-state index in [0.29, 0.717) is 16.7 Å². The lowest BCUT2D eigenvalue weighted by molar-refractivity contribution is 0.0739. The van der Waals surface area contributed by atoms with E-state index in [1.165, 1.54) is 29.2 Å². The van der Waals surface area contributed by atoms with Crippen molar-refractivity contribution in [3.63, 3.8) is 0 Å². The minimum Gasteiger partial charge on any atom is -0.335 e. The fourth-order valence-corrected chi connectivity index (χ4v) is 2.26. The lowest BCUT2D eigenvalue weighted by Crippen LogP contribution is -2.30. The quantitative estimate of drug-likeness (QED) is 0.833. The van der Waals surface area contributed by atoms with Crippen molar-refractivity contribution in [2.75, 3.05) is 7.05 Å². The van der Waals surface area contributed by atoms with Gasteiger partial charge < -0.3 is 4.90 Å². The summed E-state index contributed by atoms with van der Waals surface area (Å²) in [4.78, 5) is 13.9. The van der Waals surface area contributed by atoms with Gasteiger partial charge in [0.15, 0.2) is 0 Å². The smallest absolute Gasteiger partial charge is 0.254 e. The van der Waals surface area contributed by atoms with Gasteiger partial charge in [-0.25, -0.2) is 8.78 Å². The van der Waals surface area contributed by atoms with Crippen molar-refractivity contribution in [3.8, 4) is 0 Å². The van der Waals surface area contributed by atoms with Crippen LogP contribution >= 0.6 is 0 Å². The maximum Gasteiger partial charge on any atom is 0.254 e. The highest BCUT2D eigenvalue weighted by atomic mass is 19.1. The number of carbonyl (C=O) groups excluding carboxylic acids is 1. The van der Waals surface area contributed by atoms with Crippen LogP contribution in [0.1, 0.15) is 34.5 Å². The van der Waals surface area contributed by atoms with Crippen LogP contribution in [0.15, 0.2) is 42.5 Å². The molecule has 0 aliphatic heterocycles. The van der Waals surface area contributed by atoms with Gasteiger partial charge in [0.1, 0.15) is 11.6 Å². The third-order valence-corrected chi connectivity index (χ3v) is 3.68. The van der Waals surface area contributed by atoms with E-state index in [9.17, 15) is 13.6 Å². The molecule has 0 fully saturated rings. The molecule has 0 radical (unpaired) electrons. The molecule has 0 saturated carbocycles. The van der Waals surface area contributed by atoms with Crippen molar-refractivity contribution < 1.29 is 13.6 Å². The van der Waals surface area contributed by atoms with E-state index in [-0.39, 0.29) is 17.5 Å². The van der Waals surface area contributed by atoms with Crippen molar-refractivity contribution in [2.45, 2.75) is 19.9 Å². The maximum atomic E-state index is 13.8. The Balaban J connectivity index is 2.29. The molecule has 1 unspecified atom stereocenters. The molecule has 2 rings (SSSR count). The zero-order chi connectivity index (χ0) is 15.6. The topological polar surface area (TPSA) is 20.3 Å². The van der Waals surface area contributed by atoms with E-state index < -0.39 is 6.04 Å². The summed E-state index contributed by atoms with van der Waals surface area (Å²) in [5.74, 6) is -0.988. The molecule has 1 atom stereocenters. The number of hydrogen-bond acceptors (Lipinski definition) is 1. The van der Waals surface area contributed by atoms with Gasteiger partial charge in [-0.15, -0.1) is 0 Å². The number of halogens is 2. The first-order valence-corrected chi connectivity index (χ1v) is 6.69. The van der Waals surface area contributed by atoms with E-state index in [1.54, 1.807) is 39.1 Å². The van der Waals surface area contributed by atoms with Crippen LogP contribution in [0.3, 0.4) is 0 Å². The normalized spacial score (nSPS) is 12.0. The van der Waals surface area contributed by atoms with E-state index in [4.69, 9.17) is 0 Å². The molecule has 0 bridgehead atoms. The van der Waals surface area contributed by atoms with Crippen LogP contribution in [0, 0.1) is 18.6 Å². The van der Waals surface area contributed by atoms with Gasteiger partial charge in [0.05, 0.1) is 6.04 Å². The molecule has 2 nitrogen and oxygen atoms in total. The Morgan fingerprint density at radius 1 is 1.14 bits per heavy atom. The Morgan fingerprint density at radius 2 is 1.81 bits per heavy atom. The number of carbonyl (C=O) groups is 1. The van der Waals surface area contributed by atoms with Gasteiger partial charge >= 0.3 is 0 Å². The predicted octanol–water partition coefficient (Wildman–Crippen LogP) is 4.11. The third-order valence-electron chi connectivity index (χ3n) is 3.68. The summed E-state index contributed by atoms with van der Waals surface area (Å²) in [6, 6.07) is 9.97. The van der Waals surface area contributed by atoms with E-state index in [2.05, 4.69) is 0 Å². The summed E-state index contributed by atoms with van der Waals surface area (Å²) < 4.78 is 26.9. The summed E-state index contributed by atoms with van der Waals surface area (Å²) >= 11 is 0. The standard InChI is InChI=1S/C17H17F2NO/c1-11-10-13(18)8-9-14(11)17(21)20(3)12(2)15-6-4-5-7-16(15)19/h4-10,12H,1-3H3. The van der Waals surface area contributed by atoms with Crippen molar-refractivity contribution in [1.82, 2.24) is 4.90 Å². The third kappa shape index (κ3) is 3.10. The van der Waals surface area contributed by atoms with Gasteiger partial charge in [0.25, 0.3) is 5.91 Å². The summed E-state index contributed by atoms with van der Waals surface area (Å²) in [7, 11) is 1.61. The molecule has 0 aliphatic rings. The molecule has 21 heavy (non-hydrogen) atoms. The van der Waals surface area contributed by atoms with Gasteiger partial charge in [-0.2, -0.15) is 0 Å². The van der Waals surface area contributed by atoms with Crippen LogP contribution in [-0.2, 0) is 0 Å². The molecule has 0 heterocycles. The Hall–Kier alpha value is -2.23. The molecule has 0 N–H and O–H groups in total. The first-order valence-electron chi connectivity index (χ1n) is 6.69. The number of hydrogen-bond donors (Lipinski definition) is 0. The molecule has 0 spiro atoms. The molecule has 0 aromatic heterocycles. The molecular weight excluding hydrogens is 272 g/mol. The van der Waals surface area contributed by atoms with E-state index in [1.807, 2.05) is 0 Å². The van der Waals surface area contributed by atoms with Crippen LogP contribution < -0.4 is 0 Å².